The topological polar surface area (TPSA) is 0 Å². The van der Waals surface area contributed by atoms with E-state index in [0.29, 0.717) is 0 Å². The lowest BCUT2D eigenvalue weighted by atomic mass is 9.96. The summed E-state index contributed by atoms with van der Waals surface area (Å²) in [7, 11) is 0. The first kappa shape index (κ1) is 10.2. The Morgan fingerprint density at radius 3 is 2.38 bits per heavy atom. The van der Waals surface area contributed by atoms with Gasteiger partial charge in [0.1, 0.15) is 5.82 Å². The molecule has 72 valence electrons. The molecule has 1 rings (SSSR count). The summed E-state index contributed by atoms with van der Waals surface area (Å²) >= 11 is 0. The molecule has 0 saturated heterocycles. The molecule has 0 aliphatic rings. The predicted octanol–water partition coefficient (Wildman–Crippen LogP) is 3.82. The molecule has 0 unspecified atom stereocenters. The molecule has 13 heavy (non-hydrogen) atoms. The molecule has 0 aromatic heterocycles. The molecule has 0 amide bonds. The Kier molecular flexibility index (Phi) is 3.07. The van der Waals surface area contributed by atoms with E-state index in [1.807, 2.05) is 26.8 Å². The quantitative estimate of drug-likeness (QED) is 0.649. The molecular formula is C12H17F. The van der Waals surface area contributed by atoms with Crippen LogP contribution in [0.1, 0.15) is 43.4 Å². The van der Waals surface area contributed by atoms with Crippen LogP contribution in [0, 0.1) is 12.7 Å². The van der Waals surface area contributed by atoms with Crippen LogP contribution in [-0.4, -0.2) is 0 Å². The number of hydrogen-bond donors (Lipinski definition) is 0. The van der Waals surface area contributed by atoms with Gasteiger partial charge in [-0.05, 0) is 42.0 Å². The highest BCUT2D eigenvalue weighted by Crippen LogP contribution is 2.22. The van der Waals surface area contributed by atoms with Gasteiger partial charge in [0, 0.05) is 0 Å². The Bertz CT molecular complexity index is 300. The zero-order valence-corrected chi connectivity index (χ0v) is 8.82. The Labute approximate surface area is 79.8 Å². The van der Waals surface area contributed by atoms with E-state index < -0.39 is 0 Å². The number of aryl methyl sites for hydroxylation is 2. The lowest BCUT2D eigenvalue weighted by Gasteiger charge is -2.11. The summed E-state index contributed by atoms with van der Waals surface area (Å²) in [5.74, 6) is 0.204. The molecular weight excluding hydrogens is 163 g/mol. The third-order valence-corrected chi connectivity index (χ3v) is 2.46. The van der Waals surface area contributed by atoms with Gasteiger partial charge < -0.3 is 0 Å². The molecule has 0 saturated carbocycles. The monoisotopic (exact) mass is 180 g/mol. The van der Waals surface area contributed by atoms with E-state index in [4.69, 9.17) is 0 Å². The van der Waals surface area contributed by atoms with Crippen LogP contribution in [0.4, 0.5) is 4.39 Å². The first-order valence-electron chi connectivity index (χ1n) is 4.85. The molecule has 0 bridgehead atoms. The SMILES string of the molecule is CCc1cc(C(C)C)c(F)cc1C. The van der Waals surface area contributed by atoms with Crippen molar-refractivity contribution in [1.82, 2.24) is 0 Å². The van der Waals surface area contributed by atoms with Crippen molar-refractivity contribution >= 4 is 0 Å². The Balaban J connectivity index is 3.22. The van der Waals surface area contributed by atoms with Gasteiger partial charge in [-0.2, -0.15) is 0 Å². The second kappa shape index (κ2) is 3.91. The maximum atomic E-state index is 13.4. The molecule has 1 heteroatoms. The van der Waals surface area contributed by atoms with Crippen LogP contribution >= 0.6 is 0 Å². The van der Waals surface area contributed by atoms with Gasteiger partial charge in [0.15, 0.2) is 0 Å². The van der Waals surface area contributed by atoms with Crippen LogP contribution in [0.2, 0.25) is 0 Å². The Hall–Kier alpha value is -0.850. The average molecular weight is 180 g/mol. The van der Waals surface area contributed by atoms with Crippen molar-refractivity contribution in [3.8, 4) is 0 Å². The van der Waals surface area contributed by atoms with Crippen molar-refractivity contribution in [2.24, 2.45) is 0 Å². The molecule has 0 radical (unpaired) electrons. The maximum Gasteiger partial charge on any atom is 0.126 e. The van der Waals surface area contributed by atoms with Crippen molar-refractivity contribution in [2.45, 2.75) is 40.0 Å². The van der Waals surface area contributed by atoms with Gasteiger partial charge >= 0.3 is 0 Å². The van der Waals surface area contributed by atoms with E-state index in [2.05, 4.69) is 6.92 Å². The summed E-state index contributed by atoms with van der Waals surface area (Å²) in [5, 5.41) is 0. The van der Waals surface area contributed by atoms with Gasteiger partial charge in [-0.25, -0.2) is 4.39 Å². The molecule has 0 fully saturated rings. The lowest BCUT2D eigenvalue weighted by molar-refractivity contribution is 0.596. The molecule has 0 atom stereocenters. The molecule has 0 heterocycles. The Morgan fingerprint density at radius 1 is 1.31 bits per heavy atom. The highest BCUT2D eigenvalue weighted by Gasteiger charge is 2.08. The predicted molar refractivity (Wildman–Crippen MR) is 54.6 cm³/mol. The third-order valence-electron chi connectivity index (χ3n) is 2.46. The molecule has 0 aliphatic heterocycles. The minimum absolute atomic E-state index is 0.0651. The first-order chi connectivity index (χ1) is 6.06. The largest absolute Gasteiger partial charge is 0.207 e. The molecule has 1 aromatic rings. The molecule has 1 aromatic carbocycles. The first-order valence-corrected chi connectivity index (χ1v) is 4.85. The summed E-state index contributed by atoms with van der Waals surface area (Å²) in [6, 6.07) is 3.64. The normalized spacial score (nSPS) is 10.9. The average Bonchev–Trinajstić information content (AvgIpc) is 2.03. The van der Waals surface area contributed by atoms with E-state index in [1.54, 1.807) is 6.07 Å². The fourth-order valence-corrected chi connectivity index (χ4v) is 1.56. The lowest BCUT2D eigenvalue weighted by Crippen LogP contribution is -1.97. The second-order valence-electron chi connectivity index (χ2n) is 3.81. The van der Waals surface area contributed by atoms with Crippen LogP contribution in [0.5, 0.6) is 0 Å². The van der Waals surface area contributed by atoms with Gasteiger partial charge in [-0.1, -0.05) is 26.8 Å². The molecule has 0 nitrogen and oxygen atoms in total. The van der Waals surface area contributed by atoms with E-state index in [9.17, 15) is 4.39 Å². The summed E-state index contributed by atoms with van der Waals surface area (Å²) in [6.07, 6.45) is 0.978. The summed E-state index contributed by atoms with van der Waals surface area (Å²) in [4.78, 5) is 0. The summed E-state index contributed by atoms with van der Waals surface area (Å²) in [5.41, 5.74) is 3.15. The van der Waals surface area contributed by atoms with Gasteiger partial charge in [-0.15, -0.1) is 0 Å². The fraction of sp³-hybridized carbons (Fsp3) is 0.500. The number of hydrogen-bond acceptors (Lipinski definition) is 0. The van der Waals surface area contributed by atoms with Crippen molar-refractivity contribution in [3.05, 3.63) is 34.6 Å². The van der Waals surface area contributed by atoms with Gasteiger partial charge in [0.2, 0.25) is 0 Å². The molecule has 0 N–H and O–H groups in total. The van der Waals surface area contributed by atoms with Gasteiger partial charge in [0.25, 0.3) is 0 Å². The smallest absolute Gasteiger partial charge is 0.126 e. The fourth-order valence-electron chi connectivity index (χ4n) is 1.56. The van der Waals surface area contributed by atoms with Gasteiger partial charge in [-0.3, -0.25) is 0 Å². The zero-order chi connectivity index (χ0) is 10.0. The maximum absolute atomic E-state index is 13.4. The van der Waals surface area contributed by atoms with E-state index in [1.165, 1.54) is 5.56 Å². The van der Waals surface area contributed by atoms with E-state index in [0.717, 1.165) is 17.5 Å². The van der Waals surface area contributed by atoms with Crippen molar-refractivity contribution in [2.75, 3.05) is 0 Å². The van der Waals surface area contributed by atoms with E-state index >= 15 is 0 Å². The number of rotatable bonds is 2. The van der Waals surface area contributed by atoms with Crippen LogP contribution < -0.4 is 0 Å². The highest BCUT2D eigenvalue weighted by atomic mass is 19.1. The molecule has 0 spiro atoms. The second-order valence-corrected chi connectivity index (χ2v) is 3.81. The highest BCUT2D eigenvalue weighted by molar-refractivity contribution is 5.33. The van der Waals surface area contributed by atoms with Crippen LogP contribution in [-0.2, 0) is 6.42 Å². The number of halogens is 1. The minimum Gasteiger partial charge on any atom is -0.207 e. The van der Waals surface area contributed by atoms with Crippen LogP contribution in [0.25, 0.3) is 0 Å². The number of benzene rings is 1. The van der Waals surface area contributed by atoms with Gasteiger partial charge in [0.05, 0.1) is 0 Å². The zero-order valence-electron chi connectivity index (χ0n) is 8.82. The Morgan fingerprint density at radius 2 is 1.92 bits per heavy atom. The van der Waals surface area contributed by atoms with Crippen molar-refractivity contribution in [3.63, 3.8) is 0 Å². The van der Waals surface area contributed by atoms with Crippen LogP contribution in [0.3, 0.4) is 0 Å². The standard InChI is InChI=1S/C12H17F/c1-5-10-7-11(8(2)3)12(13)6-9(10)4/h6-8H,5H2,1-4H3. The van der Waals surface area contributed by atoms with E-state index in [-0.39, 0.29) is 11.7 Å². The minimum atomic E-state index is -0.0651. The molecule has 0 aliphatic carbocycles. The third kappa shape index (κ3) is 2.09. The van der Waals surface area contributed by atoms with Crippen LogP contribution in [0.15, 0.2) is 12.1 Å². The summed E-state index contributed by atoms with van der Waals surface area (Å²) < 4.78 is 13.4. The van der Waals surface area contributed by atoms with Crippen molar-refractivity contribution in [1.29, 1.82) is 0 Å². The van der Waals surface area contributed by atoms with Crippen molar-refractivity contribution < 1.29 is 4.39 Å². The summed E-state index contributed by atoms with van der Waals surface area (Å²) in [6.45, 7) is 8.11.